The minimum Gasteiger partial charge on any atom is -0.393 e. The monoisotopic (exact) mass is 325 g/mol. The Balaban J connectivity index is 2.14. The molecule has 0 unspecified atom stereocenters. The van der Waals surface area contributed by atoms with Crippen molar-refractivity contribution >= 4 is 29.1 Å². The molecule has 2 rings (SSSR count). The quantitative estimate of drug-likeness (QED) is 0.515. The van der Waals surface area contributed by atoms with Crippen molar-refractivity contribution in [2.24, 2.45) is 5.73 Å². The maximum Gasteiger partial charge on any atom is 0.191 e. The first-order valence-electron chi connectivity index (χ1n) is 5.85. The summed E-state index contributed by atoms with van der Waals surface area (Å²) in [5.74, 6) is -2.27. The summed E-state index contributed by atoms with van der Waals surface area (Å²) in [4.78, 5) is 12.7. The average molecular weight is 326 g/mol. The summed E-state index contributed by atoms with van der Waals surface area (Å²) in [7, 11) is 0. The molecular weight excluding hydrogens is 316 g/mol. The lowest BCUT2D eigenvalue weighted by Gasteiger charge is -2.03. The molecule has 0 atom stereocenters. The van der Waals surface area contributed by atoms with E-state index >= 15 is 0 Å². The highest BCUT2D eigenvalue weighted by atomic mass is 35.5. The summed E-state index contributed by atoms with van der Waals surface area (Å²) in [6, 6.07) is 9.64. The summed E-state index contributed by atoms with van der Waals surface area (Å²) in [6.45, 7) is 0. The lowest BCUT2D eigenvalue weighted by molar-refractivity contribution is 0.104. The molecule has 0 saturated carbocycles. The molecule has 2 aromatic carbocycles. The van der Waals surface area contributed by atoms with Crippen LogP contribution in [0.15, 0.2) is 58.5 Å². The van der Waals surface area contributed by atoms with Gasteiger partial charge in [0.25, 0.3) is 0 Å². The molecule has 2 aromatic rings. The molecule has 2 N–H and O–H groups in total. The van der Waals surface area contributed by atoms with E-state index in [4.69, 9.17) is 17.3 Å². The SMILES string of the molecule is NC(=CC(=O)c1ccc(F)cc1F)Sc1ccc(Cl)cc1. The van der Waals surface area contributed by atoms with E-state index in [1.54, 1.807) is 24.3 Å². The van der Waals surface area contributed by atoms with Gasteiger partial charge in [-0.2, -0.15) is 0 Å². The van der Waals surface area contributed by atoms with Crippen molar-refractivity contribution in [3.8, 4) is 0 Å². The number of hydrogen-bond acceptors (Lipinski definition) is 3. The van der Waals surface area contributed by atoms with Gasteiger partial charge in [0.1, 0.15) is 11.6 Å². The number of allylic oxidation sites excluding steroid dienone is 1. The summed E-state index contributed by atoms with van der Waals surface area (Å²) in [5.41, 5.74) is 5.51. The third kappa shape index (κ3) is 4.31. The van der Waals surface area contributed by atoms with Gasteiger partial charge in [0, 0.05) is 22.1 Å². The third-order valence-corrected chi connectivity index (χ3v) is 3.63. The van der Waals surface area contributed by atoms with Crippen molar-refractivity contribution in [2.75, 3.05) is 0 Å². The number of hydrogen-bond donors (Lipinski definition) is 1. The standard InChI is InChI=1S/C15H10ClF2NOS/c16-9-1-4-11(5-2-9)21-15(19)8-14(20)12-6-3-10(17)7-13(12)18/h1-8H,19H2. The fraction of sp³-hybridized carbons (Fsp3) is 0. The maximum atomic E-state index is 13.5. The molecule has 0 bridgehead atoms. The van der Waals surface area contributed by atoms with Crippen LogP contribution in [0, 0.1) is 11.6 Å². The Morgan fingerprint density at radius 1 is 1.14 bits per heavy atom. The fourth-order valence-corrected chi connectivity index (χ4v) is 2.40. The first-order chi connectivity index (χ1) is 9.95. The number of benzene rings is 2. The van der Waals surface area contributed by atoms with Crippen LogP contribution in [0.5, 0.6) is 0 Å². The van der Waals surface area contributed by atoms with Gasteiger partial charge in [-0.1, -0.05) is 23.4 Å². The second kappa shape index (κ2) is 6.74. The Morgan fingerprint density at radius 3 is 2.43 bits per heavy atom. The van der Waals surface area contributed by atoms with Gasteiger partial charge in [-0.3, -0.25) is 4.79 Å². The molecule has 0 heterocycles. The number of carbonyl (C=O) groups excluding carboxylic acids is 1. The first kappa shape index (κ1) is 15.5. The molecule has 0 saturated heterocycles. The van der Waals surface area contributed by atoms with Gasteiger partial charge in [-0.15, -0.1) is 0 Å². The van der Waals surface area contributed by atoms with Crippen LogP contribution in [0.4, 0.5) is 8.78 Å². The minimum absolute atomic E-state index is 0.200. The Kier molecular flexibility index (Phi) is 4.98. The van der Waals surface area contributed by atoms with Crippen molar-refractivity contribution < 1.29 is 13.6 Å². The number of ketones is 1. The second-order valence-electron chi connectivity index (χ2n) is 4.09. The van der Waals surface area contributed by atoms with Crippen LogP contribution in [-0.2, 0) is 0 Å². The maximum absolute atomic E-state index is 13.5. The zero-order valence-corrected chi connectivity index (χ0v) is 12.2. The van der Waals surface area contributed by atoms with Crippen LogP contribution in [0.2, 0.25) is 5.02 Å². The van der Waals surface area contributed by atoms with E-state index in [1.807, 2.05) is 0 Å². The van der Waals surface area contributed by atoms with Crippen LogP contribution in [0.25, 0.3) is 0 Å². The van der Waals surface area contributed by atoms with Gasteiger partial charge in [-0.25, -0.2) is 8.78 Å². The topological polar surface area (TPSA) is 43.1 Å². The zero-order chi connectivity index (χ0) is 15.4. The number of carbonyl (C=O) groups is 1. The van der Waals surface area contributed by atoms with Crippen LogP contribution in [0.1, 0.15) is 10.4 Å². The largest absolute Gasteiger partial charge is 0.393 e. The van der Waals surface area contributed by atoms with Crippen LogP contribution in [-0.4, -0.2) is 5.78 Å². The van der Waals surface area contributed by atoms with E-state index in [0.29, 0.717) is 11.1 Å². The Morgan fingerprint density at radius 2 is 1.81 bits per heavy atom. The highest BCUT2D eigenvalue weighted by Crippen LogP contribution is 2.25. The second-order valence-corrected chi connectivity index (χ2v) is 5.67. The van der Waals surface area contributed by atoms with Crippen molar-refractivity contribution in [3.05, 3.63) is 75.8 Å². The minimum atomic E-state index is -0.916. The van der Waals surface area contributed by atoms with Crippen LogP contribution >= 0.6 is 23.4 Å². The molecule has 0 spiro atoms. The molecule has 2 nitrogen and oxygen atoms in total. The highest BCUT2D eigenvalue weighted by Gasteiger charge is 2.11. The lowest BCUT2D eigenvalue weighted by Crippen LogP contribution is -2.03. The Bertz CT molecular complexity index is 701. The molecule has 0 radical (unpaired) electrons. The van der Waals surface area contributed by atoms with E-state index in [9.17, 15) is 13.6 Å². The smallest absolute Gasteiger partial charge is 0.191 e. The molecule has 21 heavy (non-hydrogen) atoms. The van der Waals surface area contributed by atoms with Crippen molar-refractivity contribution in [1.29, 1.82) is 0 Å². The predicted octanol–water partition coefficient (Wildman–Crippen LogP) is 4.39. The van der Waals surface area contributed by atoms with Gasteiger partial charge in [0.2, 0.25) is 0 Å². The molecule has 0 aliphatic rings. The van der Waals surface area contributed by atoms with Gasteiger partial charge in [-0.05, 0) is 36.4 Å². The number of thioether (sulfide) groups is 1. The molecule has 0 aromatic heterocycles. The predicted molar refractivity (Wildman–Crippen MR) is 80.3 cm³/mol. The molecular formula is C15H10ClF2NOS. The number of halogens is 3. The Labute approximate surface area is 129 Å². The van der Waals surface area contributed by atoms with E-state index in [2.05, 4.69) is 0 Å². The van der Waals surface area contributed by atoms with E-state index in [0.717, 1.165) is 34.9 Å². The Hall–Kier alpha value is -1.85. The molecule has 0 aliphatic carbocycles. The van der Waals surface area contributed by atoms with E-state index < -0.39 is 17.4 Å². The van der Waals surface area contributed by atoms with Gasteiger partial charge < -0.3 is 5.73 Å². The average Bonchev–Trinajstić information content (AvgIpc) is 2.41. The van der Waals surface area contributed by atoms with E-state index in [1.165, 1.54) is 0 Å². The lowest BCUT2D eigenvalue weighted by atomic mass is 10.1. The summed E-state index contributed by atoms with van der Waals surface area (Å²) < 4.78 is 26.3. The van der Waals surface area contributed by atoms with Crippen molar-refractivity contribution in [1.82, 2.24) is 0 Å². The van der Waals surface area contributed by atoms with Crippen molar-refractivity contribution in [2.45, 2.75) is 4.90 Å². The first-order valence-corrected chi connectivity index (χ1v) is 7.05. The number of nitrogens with two attached hydrogens (primary N) is 1. The third-order valence-electron chi connectivity index (χ3n) is 2.52. The summed E-state index contributed by atoms with van der Waals surface area (Å²) in [5, 5.41) is 0.789. The van der Waals surface area contributed by atoms with Gasteiger partial charge in [0.05, 0.1) is 10.6 Å². The highest BCUT2D eigenvalue weighted by molar-refractivity contribution is 8.03. The normalized spacial score (nSPS) is 11.5. The van der Waals surface area contributed by atoms with E-state index in [-0.39, 0.29) is 10.6 Å². The van der Waals surface area contributed by atoms with Crippen molar-refractivity contribution in [3.63, 3.8) is 0 Å². The molecule has 0 aliphatic heterocycles. The fourth-order valence-electron chi connectivity index (χ4n) is 1.56. The van der Waals surface area contributed by atoms with Gasteiger partial charge in [0.15, 0.2) is 5.78 Å². The van der Waals surface area contributed by atoms with Crippen LogP contribution in [0.3, 0.4) is 0 Å². The number of rotatable bonds is 4. The molecule has 108 valence electrons. The molecule has 0 amide bonds. The van der Waals surface area contributed by atoms with Gasteiger partial charge >= 0.3 is 0 Å². The summed E-state index contributed by atoms with van der Waals surface area (Å²) in [6.07, 6.45) is 1.11. The van der Waals surface area contributed by atoms with Crippen LogP contribution < -0.4 is 5.73 Å². The summed E-state index contributed by atoms with van der Waals surface area (Å²) >= 11 is 6.91. The molecule has 0 fully saturated rings. The molecule has 6 heteroatoms. The zero-order valence-electron chi connectivity index (χ0n) is 10.6.